The number of carbonyl (C=O) groups is 1. The lowest BCUT2D eigenvalue weighted by Gasteiger charge is -2.35. The molecule has 1 aliphatic heterocycles. The maximum absolute atomic E-state index is 12.6. The Bertz CT molecular complexity index is 783. The van der Waals surface area contributed by atoms with Crippen molar-refractivity contribution in [3.63, 3.8) is 0 Å². The number of aryl methyl sites for hydroxylation is 1. The van der Waals surface area contributed by atoms with Crippen molar-refractivity contribution in [2.24, 2.45) is 0 Å². The van der Waals surface area contributed by atoms with Gasteiger partial charge in [-0.25, -0.2) is 0 Å². The van der Waals surface area contributed by atoms with Gasteiger partial charge < -0.3 is 14.4 Å². The quantitative estimate of drug-likeness (QED) is 0.786. The van der Waals surface area contributed by atoms with Crippen molar-refractivity contribution in [1.82, 2.24) is 9.80 Å². The lowest BCUT2D eigenvalue weighted by Crippen LogP contribution is -2.48. The van der Waals surface area contributed by atoms with Gasteiger partial charge in [-0.1, -0.05) is 30.3 Å². The molecule has 0 atom stereocenters. The normalized spacial score (nSPS) is 14.9. The molecule has 0 radical (unpaired) electrons. The number of ether oxygens (including phenoxy) is 2. The fraction of sp³-hybridized carbons (Fsp3) is 0.409. The molecule has 0 aromatic heterocycles. The SMILES string of the molecule is COc1ccc(CN2CCN(C(=O)Cc3ccccc3C)CC2)cc1OC. The molecule has 2 aromatic carbocycles. The van der Waals surface area contributed by atoms with Crippen LogP contribution in [-0.4, -0.2) is 56.1 Å². The molecular formula is C22H28N2O3. The molecule has 0 aliphatic carbocycles. The van der Waals surface area contributed by atoms with Crippen LogP contribution in [0.15, 0.2) is 42.5 Å². The molecule has 0 saturated carbocycles. The largest absolute Gasteiger partial charge is 0.493 e. The average Bonchev–Trinajstić information content (AvgIpc) is 2.70. The van der Waals surface area contributed by atoms with Crippen molar-refractivity contribution in [1.29, 1.82) is 0 Å². The number of piperazine rings is 1. The summed E-state index contributed by atoms with van der Waals surface area (Å²) >= 11 is 0. The second-order valence-electron chi connectivity index (χ2n) is 6.95. The topological polar surface area (TPSA) is 42.0 Å². The maximum atomic E-state index is 12.6. The third-order valence-electron chi connectivity index (χ3n) is 5.18. The lowest BCUT2D eigenvalue weighted by atomic mass is 10.1. The molecule has 3 rings (SSSR count). The summed E-state index contributed by atoms with van der Waals surface area (Å²) in [5, 5.41) is 0. The summed E-state index contributed by atoms with van der Waals surface area (Å²) in [6.45, 7) is 6.22. The molecule has 0 unspecified atom stereocenters. The molecule has 5 nitrogen and oxygen atoms in total. The minimum absolute atomic E-state index is 0.218. The van der Waals surface area contributed by atoms with E-state index >= 15 is 0 Å². The van der Waals surface area contributed by atoms with Gasteiger partial charge in [0.1, 0.15) is 0 Å². The van der Waals surface area contributed by atoms with Crippen LogP contribution in [0.5, 0.6) is 11.5 Å². The molecule has 144 valence electrons. The fourth-order valence-electron chi connectivity index (χ4n) is 3.48. The highest BCUT2D eigenvalue weighted by atomic mass is 16.5. The first kappa shape index (κ1) is 19.2. The van der Waals surface area contributed by atoms with Crippen LogP contribution in [0.25, 0.3) is 0 Å². The zero-order valence-corrected chi connectivity index (χ0v) is 16.4. The van der Waals surface area contributed by atoms with Crippen molar-refractivity contribution in [3.05, 3.63) is 59.2 Å². The van der Waals surface area contributed by atoms with Crippen molar-refractivity contribution in [2.45, 2.75) is 19.9 Å². The summed E-state index contributed by atoms with van der Waals surface area (Å²) in [6, 6.07) is 14.1. The third-order valence-corrected chi connectivity index (χ3v) is 5.18. The van der Waals surface area contributed by atoms with E-state index in [9.17, 15) is 4.79 Å². The van der Waals surface area contributed by atoms with E-state index in [-0.39, 0.29) is 5.91 Å². The molecule has 0 spiro atoms. The number of amides is 1. The van der Waals surface area contributed by atoms with Crippen molar-refractivity contribution in [3.8, 4) is 11.5 Å². The van der Waals surface area contributed by atoms with Gasteiger partial charge in [0.2, 0.25) is 5.91 Å². The minimum Gasteiger partial charge on any atom is -0.493 e. The molecule has 1 amide bonds. The first-order chi connectivity index (χ1) is 13.1. The van der Waals surface area contributed by atoms with Crippen molar-refractivity contribution < 1.29 is 14.3 Å². The summed E-state index contributed by atoms with van der Waals surface area (Å²) in [7, 11) is 3.30. The van der Waals surface area contributed by atoms with Crippen molar-refractivity contribution in [2.75, 3.05) is 40.4 Å². The second kappa shape index (κ2) is 8.91. The Morgan fingerprint density at radius 3 is 2.33 bits per heavy atom. The van der Waals surface area contributed by atoms with Gasteiger partial charge in [-0.15, -0.1) is 0 Å². The number of rotatable bonds is 6. The number of nitrogens with zero attached hydrogens (tertiary/aromatic N) is 2. The van der Waals surface area contributed by atoms with Gasteiger partial charge in [-0.2, -0.15) is 0 Å². The average molecular weight is 368 g/mol. The smallest absolute Gasteiger partial charge is 0.227 e. The molecule has 1 saturated heterocycles. The Morgan fingerprint density at radius 1 is 0.963 bits per heavy atom. The summed E-state index contributed by atoms with van der Waals surface area (Å²) in [6.07, 6.45) is 0.488. The zero-order valence-electron chi connectivity index (χ0n) is 16.4. The maximum Gasteiger partial charge on any atom is 0.227 e. The Balaban J connectivity index is 1.53. The number of hydrogen-bond acceptors (Lipinski definition) is 4. The van der Waals surface area contributed by atoms with Crippen LogP contribution in [0.3, 0.4) is 0 Å². The molecule has 1 aliphatic rings. The van der Waals surface area contributed by atoms with E-state index in [1.165, 1.54) is 11.1 Å². The Hall–Kier alpha value is -2.53. The number of benzene rings is 2. The molecule has 0 N–H and O–H groups in total. The minimum atomic E-state index is 0.218. The summed E-state index contributed by atoms with van der Waals surface area (Å²) < 4.78 is 10.7. The highest BCUT2D eigenvalue weighted by Gasteiger charge is 2.21. The van der Waals surface area contributed by atoms with Crippen molar-refractivity contribution >= 4 is 5.91 Å². The fourth-order valence-corrected chi connectivity index (χ4v) is 3.48. The molecule has 27 heavy (non-hydrogen) atoms. The van der Waals surface area contributed by atoms with Gasteiger partial charge in [0.05, 0.1) is 20.6 Å². The summed E-state index contributed by atoms with van der Waals surface area (Å²) in [5.41, 5.74) is 3.49. The molecule has 0 bridgehead atoms. The Morgan fingerprint density at radius 2 is 1.67 bits per heavy atom. The highest BCUT2D eigenvalue weighted by molar-refractivity contribution is 5.79. The predicted octanol–water partition coefficient (Wildman–Crippen LogP) is 2.90. The monoisotopic (exact) mass is 368 g/mol. The Kier molecular flexibility index (Phi) is 6.35. The van der Waals surface area contributed by atoms with E-state index < -0.39 is 0 Å². The highest BCUT2D eigenvalue weighted by Crippen LogP contribution is 2.28. The molecule has 5 heteroatoms. The van der Waals surface area contributed by atoms with Crippen LogP contribution >= 0.6 is 0 Å². The predicted molar refractivity (Wildman–Crippen MR) is 106 cm³/mol. The molecule has 2 aromatic rings. The van der Waals surface area contributed by atoms with Crippen LogP contribution in [0.4, 0.5) is 0 Å². The van der Waals surface area contributed by atoms with Gasteiger partial charge in [-0.3, -0.25) is 9.69 Å². The standard InChI is InChI=1S/C22H28N2O3/c1-17-6-4-5-7-19(17)15-22(25)24-12-10-23(11-13-24)16-18-8-9-20(26-2)21(14-18)27-3/h4-9,14H,10-13,15-16H2,1-3H3. The van der Waals surface area contributed by atoms with Gasteiger partial charge >= 0.3 is 0 Å². The van der Waals surface area contributed by atoms with Gasteiger partial charge in [0, 0.05) is 32.7 Å². The van der Waals surface area contributed by atoms with Crippen LogP contribution in [0.1, 0.15) is 16.7 Å². The lowest BCUT2D eigenvalue weighted by molar-refractivity contribution is -0.132. The van der Waals surface area contributed by atoms with Crippen LogP contribution in [-0.2, 0) is 17.8 Å². The van der Waals surface area contributed by atoms with E-state index in [4.69, 9.17) is 9.47 Å². The number of methoxy groups -OCH3 is 2. The van der Waals surface area contributed by atoms with Gasteiger partial charge in [0.25, 0.3) is 0 Å². The number of carbonyl (C=O) groups excluding carboxylic acids is 1. The van der Waals surface area contributed by atoms with E-state index in [1.54, 1.807) is 14.2 Å². The third kappa shape index (κ3) is 4.80. The van der Waals surface area contributed by atoms with Crippen LogP contribution < -0.4 is 9.47 Å². The van der Waals surface area contributed by atoms with E-state index in [0.717, 1.165) is 49.8 Å². The first-order valence-corrected chi connectivity index (χ1v) is 9.36. The van der Waals surface area contributed by atoms with Gasteiger partial charge in [0.15, 0.2) is 11.5 Å². The molecule has 1 heterocycles. The summed E-state index contributed by atoms with van der Waals surface area (Å²) in [4.78, 5) is 17.0. The Labute approximate surface area is 161 Å². The summed E-state index contributed by atoms with van der Waals surface area (Å²) in [5.74, 6) is 1.71. The first-order valence-electron chi connectivity index (χ1n) is 9.36. The van der Waals surface area contributed by atoms with E-state index in [0.29, 0.717) is 6.42 Å². The van der Waals surface area contributed by atoms with E-state index in [2.05, 4.69) is 24.0 Å². The van der Waals surface area contributed by atoms with Gasteiger partial charge in [-0.05, 0) is 35.7 Å². The molecular weight excluding hydrogens is 340 g/mol. The number of hydrogen-bond donors (Lipinski definition) is 0. The van der Waals surface area contributed by atoms with Crippen LogP contribution in [0.2, 0.25) is 0 Å². The second-order valence-corrected chi connectivity index (χ2v) is 6.95. The van der Waals surface area contributed by atoms with Crippen LogP contribution in [0, 0.1) is 6.92 Å². The molecule has 1 fully saturated rings. The van der Waals surface area contributed by atoms with E-state index in [1.807, 2.05) is 35.2 Å². The zero-order chi connectivity index (χ0) is 19.2.